The molecule has 0 unspecified atom stereocenters. The van der Waals surface area contributed by atoms with Crippen LogP contribution in [0.4, 0.5) is 5.82 Å². The van der Waals surface area contributed by atoms with Gasteiger partial charge in [-0.05, 0) is 49.1 Å². The van der Waals surface area contributed by atoms with Gasteiger partial charge in [0.05, 0.1) is 5.41 Å². The summed E-state index contributed by atoms with van der Waals surface area (Å²) < 4.78 is 1.18. The molecule has 1 fully saturated rings. The van der Waals surface area contributed by atoms with Crippen molar-refractivity contribution in [2.75, 3.05) is 11.9 Å². The van der Waals surface area contributed by atoms with E-state index in [2.05, 4.69) is 17.2 Å². The van der Waals surface area contributed by atoms with Gasteiger partial charge >= 0.3 is 5.97 Å². The van der Waals surface area contributed by atoms with Gasteiger partial charge in [0.25, 0.3) is 0 Å². The molecule has 0 bridgehead atoms. The van der Waals surface area contributed by atoms with E-state index in [-0.39, 0.29) is 0 Å². The van der Waals surface area contributed by atoms with Gasteiger partial charge in [0, 0.05) is 22.8 Å². The Morgan fingerprint density at radius 2 is 2.24 bits per heavy atom. The van der Waals surface area contributed by atoms with E-state index < -0.39 is 11.4 Å². The van der Waals surface area contributed by atoms with Crippen molar-refractivity contribution in [3.63, 3.8) is 0 Å². The van der Waals surface area contributed by atoms with Crippen LogP contribution in [0, 0.1) is 11.3 Å². The lowest BCUT2D eigenvalue weighted by molar-refractivity contribution is -0.150. The predicted molar refractivity (Wildman–Crippen MR) is 85.8 cm³/mol. The highest BCUT2D eigenvalue weighted by Gasteiger charge is 2.41. The van der Waals surface area contributed by atoms with Gasteiger partial charge in [-0.25, -0.2) is 4.98 Å². The minimum absolute atomic E-state index is 0.455. The highest BCUT2D eigenvalue weighted by atomic mass is 32.1. The number of carboxylic acid groups (broad SMARTS) is 1. The largest absolute Gasteiger partial charge is 0.481 e. The van der Waals surface area contributed by atoms with Crippen LogP contribution in [-0.2, 0) is 4.79 Å². The zero-order chi connectivity index (χ0) is 14.9. The van der Waals surface area contributed by atoms with E-state index in [1.807, 2.05) is 17.5 Å². The summed E-state index contributed by atoms with van der Waals surface area (Å²) in [5.74, 6) is 0.753. The average molecular weight is 304 g/mol. The number of carbonyl (C=O) groups is 1. The molecule has 21 heavy (non-hydrogen) atoms. The van der Waals surface area contributed by atoms with E-state index in [0.29, 0.717) is 12.5 Å². The monoisotopic (exact) mass is 304 g/mol. The molecule has 3 rings (SSSR count). The van der Waals surface area contributed by atoms with E-state index in [0.717, 1.165) is 36.9 Å². The van der Waals surface area contributed by atoms with E-state index >= 15 is 0 Å². The number of nitrogens with one attached hydrogen (secondary N) is 1. The number of hydrogen-bond donors (Lipinski definition) is 2. The highest BCUT2D eigenvalue weighted by Crippen LogP contribution is 2.39. The zero-order valence-corrected chi connectivity index (χ0v) is 12.9. The Morgan fingerprint density at radius 3 is 2.95 bits per heavy atom. The van der Waals surface area contributed by atoms with Crippen LogP contribution in [0.5, 0.6) is 0 Å². The number of anilines is 1. The third-order valence-electron chi connectivity index (χ3n) is 4.66. The van der Waals surface area contributed by atoms with Crippen LogP contribution in [0.2, 0.25) is 0 Å². The lowest BCUT2D eigenvalue weighted by atomic mass is 9.71. The maximum absolute atomic E-state index is 11.8. The zero-order valence-electron chi connectivity index (χ0n) is 12.1. The molecule has 0 aromatic carbocycles. The van der Waals surface area contributed by atoms with Crippen molar-refractivity contribution in [3.8, 4) is 0 Å². The molecule has 112 valence electrons. The van der Waals surface area contributed by atoms with Crippen molar-refractivity contribution >= 4 is 33.2 Å². The lowest BCUT2D eigenvalue weighted by Gasteiger charge is -2.36. The Kier molecular flexibility index (Phi) is 3.85. The first-order chi connectivity index (χ1) is 10.1. The fourth-order valence-corrected chi connectivity index (χ4v) is 3.85. The van der Waals surface area contributed by atoms with Crippen LogP contribution in [0.25, 0.3) is 10.1 Å². The summed E-state index contributed by atoms with van der Waals surface area (Å²) in [5.41, 5.74) is -0.646. The molecular formula is C16H20N2O2S. The summed E-state index contributed by atoms with van der Waals surface area (Å²) in [6.07, 6.45) is 5.25. The summed E-state index contributed by atoms with van der Waals surface area (Å²) in [6, 6.07) is 4.02. The van der Waals surface area contributed by atoms with Gasteiger partial charge in [0.1, 0.15) is 5.82 Å². The molecule has 0 atom stereocenters. The predicted octanol–water partition coefficient (Wildman–Crippen LogP) is 3.99. The van der Waals surface area contributed by atoms with E-state index in [4.69, 9.17) is 0 Å². The number of aromatic nitrogens is 1. The van der Waals surface area contributed by atoms with Gasteiger partial charge in [0.15, 0.2) is 0 Å². The highest BCUT2D eigenvalue weighted by molar-refractivity contribution is 7.17. The summed E-state index contributed by atoms with van der Waals surface area (Å²) >= 11 is 1.67. The van der Waals surface area contributed by atoms with Gasteiger partial charge in [-0.3, -0.25) is 4.79 Å². The van der Waals surface area contributed by atoms with Crippen LogP contribution >= 0.6 is 11.3 Å². The minimum atomic E-state index is -0.681. The molecule has 1 saturated carbocycles. The second kappa shape index (κ2) is 5.64. The van der Waals surface area contributed by atoms with Crippen molar-refractivity contribution in [1.82, 2.24) is 4.98 Å². The Labute approximate surface area is 128 Å². The molecule has 0 aliphatic heterocycles. The smallest absolute Gasteiger partial charge is 0.311 e. The lowest BCUT2D eigenvalue weighted by Crippen LogP contribution is -2.41. The first kappa shape index (κ1) is 14.3. The number of pyridine rings is 1. The molecule has 0 saturated heterocycles. The number of hydrogen-bond acceptors (Lipinski definition) is 4. The Bertz CT molecular complexity index is 645. The minimum Gasteiger partial charge on any atom is -0.481 e. The molecule has 0 amide bonds. The van der Waals surface area contributed by atoms with Gasteiger partial charge in [0.2, 0.25) is 0 Å². The van der Waals surface area contributed by atoms with Crippen LogP contribution in [0.3, 0.4) is 0 Å². The summed E-state index contributed by atoms with van der Waals surface area (Å²) in [5, 5.41) is 16.1. The van der Waals surface area contributed by atoms with Crippen molar-refractivity contribution in [2.45, 2.75) is 32.6 Å². The van der Waals surface area contributed by atoms with E-state index in [1.165, 1.54) is 4.70 Å². The second-order valence-electron chi connectivity index (χ2n) is 6.11. The molecule has 0 spiro atoms. The van der Waals surface area contributed by atoms with E-state index in [9.17, 15) is 9.90 Å². The van der Waals surface area contributed by atoms with Crippen LogP contribution in [-0.4, -0.2) is 22.6 Å². The Hall–Kier alpha value is -1.62. The quantitative estimate of drug-likeness (QED) is 0.896. The van der Waals surface area contributed by atoms with Crippen LogP contribution in [0.1, 0.15) is 32.6 Å². The molecule has 1 aliphatic rings. The number of rotatable bonds is 4. The van der Waals surface area contributed by atoms with Gasteiger partial charge in [-0.1, -0.05) is 6.92 Å². The topological polar surface area (TPSA) is 62.2 Å². The second-order valence-corrected chi connectivity index (χ2v) is 7.06. The summed E-state index contributed by atoms with van der Waals surface area (Å²) in [4.78, 5) is 16.1. The summed E-state index contributed by atoms with van der Waals surface area (Å²) in [7, 11) is 0. The number of fused-ring (bicyclic) bond motifs is 1. The average Bonchev–Trinajstić information content (AvgIpc) is 2.96. The standard InChI is InChI=1S/C16H20N2O2S/c1-11-2-6-16(7-3-11,15(19)20)10-18-14-12-5-9-21-13(12)4-8-17-14/h4-5,8-9,11H,2-3,6-7,10H2,1H3,(H,17,18)(H,19,20). The first-order valence-electron chi connectivity index (χ1n) is 7.40. The SMILES string of the molecule is CC1CCC(CNc2nccc3sccc23)(C(=O)O)CC1. The number of nitrogens with zero attached hydrogens (tertiary/aromatic N) is 1. The van der Waals surface area contributed by atoms with E-state index in [1.54, 1.807) is 17.5 Å². The van der Waals surface area contributed by atoms with Gasteiger partial charge < -0.3 is 10.4 Å². The fourth-order valence-electron chi connectivity index (χ4n) is 3.07. The third kappa shape index (κ3) is 2.75. The maximum atomic E-state index is 11.8. The van der Waals surface area contributed by atoms with Crippen molar-refractivity contribution in [2.24, 2.45) is 11.3 Å². The van der Waals surface area contributed by atoms with Gasteiger partial charge in [-0.15, -0.1) is 11.3 Å². The summed E-state index contributed by atoms with van der Waals surface area (Å²) in [6.45, 7) is 2.66. The van der Waals surface area contributed by atoms with Crippen molar-refractivity contribution < 1.29 is 9.90 Å². The number of aliphatic carboxylic acids is 1. The maximum Gasteiger partial charge on any atom is 0.311 e. The first-order valence-corrected chi connectivity index (χ1v) is 8.28. The number of carboxylic acids is 1. The molecule has 2 aromatic rings. The fraction of sp³-hybridized carbons (Fsp3) is 0.500. The molecular weight excluding hydrogens is 284 g/mol. The number of thiophene rings is 1. The molecule has 2 N–H and O–H groups in total. The van der Waals surface area contributed by atoms with Crippen LogP contribution < -0.4 is 5.32 Å². The molecule has 1 aliphatic carbocycles. The molecule has 0 radical (unpaired) electrons. The molecule has 2 aromatic heterocycles. The van der Waals surface area contributed by atoms with Crippen LogP contribution in [0.15, 0.2) is 23.7 Å². The molecule has 4 nitrogen and oxygen atoms in total. The normalized spacial score (nSPS) is 25.9. The van der Waals surface area contributed by atoms with Gasteiger partial charge in [-0.2, -0.15) is 0 Å². The Morgan fingerprint density at radius 1 is 1.48 bits per heavy atom. The molecule has 5 heteroatoms. The Balaban J connectivity index is 1.78. The van der Waals surface area contributed by atoms with Crippen molar-refractivity contribution in [3.05, 3.63) is 23.7 Å². The third-order valence-corrected chi connectivity index (χ3v) is 5.54. The molecule has 2 heterocycles. The van der Waals surface area contributed by atoms with Crippen molar-refractivity contribution in [1.29, 1.82) is 0 Å².